The number of nitrogens with two attached hydrogens (primary N) is 2. The van der Waals surface area contributed by atoms with Crippen molar-refractivity contribution < 1.29 is 9.85 Å². The second-order valence-electron chi connectivity index (χ2n) is 9.06. The number of nitrogens with zero attached hydrogens (tertiary/aromatic N) is 3. The Balaban J connectivity index is 0.000000205. The molecule has 0 aliphatic carbocycles. The highest BCUT2D eigenvalue weighted by Crippen LogP contribution is 2.29. The average Bonchev–Trinajstić information content (AvgIpc) is 2.80. The lowest BCUT2D eigenvalue weighted by atomic mass is 9.99. The predicted octanol–water partition coefficient (Wildman–Crippen LogP) is 5.25. The molecule has 2 heterocycles. The van der Waals surface area contributed by atoms with Crippen molar-refractivity contribution in [3.8, 4) is 0 Å². The Labute approximate surface area is 210 Å². The molecule has 0 amide bonds. The van der Waals surface area contributed by atoms with Crippen molar-refractivity contribution in [2.75, 3.05) is 42.5 Å². The molecule has 4 rings (SSSR count). The van der Waals surface area contributed by atoms with Crippen LogP contribution < -0.4 is 21.7 Å². The van der Waals surface area contributed by atoms with Crippen LogP contribution in [0.5, 0.6) is 0 Å². The fourth-order valence-electron chi connectivity index (χ4n) is 3.83. The SMILES string of the molecule is CC1CCN(c2ccc([N+](=O)[O-])c(N)c2)CC1.CC1CCNCC1.Nc1cc(Cl)ccc1[N+](=O)[O-]. The molecular formula is C24H35ClN6O4. The number of nitrogen functional groups attached to an aromatic ring is 2. The van der Waals surface area contributed by atoms with Gasteiger partial charge in [-0.05, 0) is 74.9 Å². The third kappa shape index (κ3) is 9.22. The van der Waals surface area contributed by atoms with Crippen LogP contribution in [0.2, 0.25) is 5.02 Å². The van der Waals surface area contributed by atoms with Crippen molar-refractivity contribution in [1.29, 1.82) is 0 Å². The molecule has 2 aromatic carbocycles. The number of anilines is 3. The molecule has 0 bridgehead atoms. The summed E-state index contributed by atoms with van der Waals surface area (Å²) >= 11 is 5.52. The molecule has 0 spiro atoms. The second kappa shape index (κ2) is 13.7. The van der Waals surface area contributed by atoms with E-state index in [0.717, 1.165) is 43.5 Å². The molecule has 0 saturated carbocycles. The second-order valence-corrected chi connectivity index (χ2v) is 9.50. The van der Waals surface area contributed by atoms with Crippen molar-refractivity contribution in [3.05, 3.63) is 61.6 Å². The van der Waals surface area contributed by atoms with Crippen LogP contribution in [-0.4, -0.2) is 36.0 Å². The van der Waals surface area contributed by atoms with E-state index in [4.69, 9.17) is 23.1 Å². The van der Waals surface area contributed by atoms with Crippen molar-refractivity contribution >= 4 is 40.0 Å². The van der Waals surface area contributed by atoms with E-state index in [2.05, 4.69) is 24.1 Å². The molecular weight excluding hydrogens is 472 g/mol. The van der Waals surface area contributed by atoms with Gasteiger partial charge in [-0.15, -0.1) is 0 Å². The number of hydrogen-bond acceptors (Lipinski definition) is 8. The highest BCUT2D eigenvalue weighted by atomic mass is 35.5. The summed E-state index contributed by atoms with van der Waals surface area (Å²) in [5.74, 6) is 1.74. The zero-order chi connectivity index (χ0) is 26.0. The Morgan fingerprint density at radius 2 is 1.34 bits per heavy atom. The summed E-state index contributed by atoms with van der Waals surface area (Å²) in [6, 6.07) is 9.02. The zero-order valence-corrected chi connectivity index (χ0v) is 21.0. The van der Waals surface area contributed by atoms with Gasteiger partial charge in [-0.3, -0.25) is 20.2 Å². The van der Waals surface area contributed by atoms with Crippen LogP contribution in [0.25, 0.3) is 0 Å². The summed E-state index contributed by atoms with van der Waals surface area (Å²) in [5, 5.41) is 24.6. The summed E-state index contributed by atoms with van der Waals surface area (Å²) in [6.07, 6.45) is 5.08. The van der Waals surface area contributed by atoms with Gasteiger partial charge >= 0.3 is 0 Å². The first-order valence-electron chi connectivity index (χ1n) is 11.8. The van der Waals surface area contributed by atoms with Gasteiger partial charge in [0, 0.05) is 35.9 Å². The molecule has 2 aliphatic rings. The number of nitro benzene ring substituents is 2. The largest absolute Gasteiger partial charge is 0.393 e. The van der Waals surface area contributed by atoms with E-state index in [1.165, 1.54) is 50.2 Å². The van der Waals surface area contributed by atoms with E-state index >= 15 is 0 Å². The summed E-state index contributed by atoms with van der Waals surface area (Å²) < 4.78 is 0. The van der Waals surface area contributed by atoms with Gasteiger partial charge in [0.25, 0.3) is 11.4 Å². The lowest BCUT2D eigenvalue weighted by molar-refractivity contribution is -0.384. The van der Waals surface area contributed by atoms with Crippen molar-refractivity contribution in [1.82, 2.24) is 5.32 Å². The molecule has 5 N–H and O–H groups in total. The molecule has 2 fully saturated rings. The quantitative estimate of drug-likeness (QED) is 0.289. The van der Waals surface area contributed by atoms with Gasteiger partial charge in [0.15, 0.2) is 0 Å². The van der Waals surface area contributed by atoms with Gasteiger partial charge in [0.1, 0.15) is 11.4 Å². The Bertz CT molecular complexity index is 992. The maximum Gasteiger partial charge on any atom is 0.292 e. The first-order valence-corrected chi connectivity index (χ1v) is 12.1. The first-order chi connectivity index (χ1) is 16.6. The van der Waals surface area contributed by atoms with Crippen LogP contribution in [-0.2, 0) is 0 Å². The molecule has 35 heavy (non-hydrogen) atoms. The minimum absolute atomic E-state index is 0.0147. The van der Waals surface area contributed by atoms with Gasteiger partial charge in [0.2, 0.25) is 0 Å². The molecule has 0 radical (unpaired) electrons. The van der Waals surface area contributed by atoms with E-state index in [1.807, 2.05) is 0 Å². The van der Waals surface area contributed by atoms with Gasteiger partial charge < -0.3 is 21.7 Å². The first kappa shape index (κ1) is 28.1. The number of nitrogens with one attached hydrogen (secondary N) is 1. The number of hydrogen-bond donors (Lipinski definition) is 3. The summed E-state index contributed by atoms with van der Waals surface area (Å²) in [7, 11) is 0. The number of nitro groups is 2. The fraction of sp³-hybridized carbons (Fsp3) is 0.500. The Hall–Kier alpha value is -3.11. The number of piperidine rings is 2. The van der Waals surface area contributed by atoms with Crippen LogP contribution in [0.1, 0.15) is 39.5 Å². The van der Waals surface area contributed by atoms with Crippen LogP contribution in [0.15, 0.2) is 36.4 Å². The Kier molecular flexibility index (Phi) is 11.0. The van der Waals surface area contributed by atoms with E-state index in [0.29, 0.717) is 5.02 Å². The molecule has 0 unspecified atom stereocenters. The molecule has 11 heteroatoms. The van der Waals surface area contributed by atoms with Gasteiger partial charge in [0.05, 0.1) is 9.85 Å². The highest BCUT2D eigenvalue weighted by molar-refractivity contribution is 6.30. The van der Waals surface area contributed by atoms with E-state index in [9.17, 15) is 20.2 Å². The maximum absolute atomic E-state index is 10.7. The van der Waals surface area contributed by atoms with Crippen LogP contribution in [0.4, 0.5) is 28.4 Å². The van der Waals surface area contributed by atoms with Gasteiger partial charge in [-0.1, -0.05) is 25.4 Å². The molecule has 2 aromatic rings. The topological polar surface area (TPSA) is 154 Å². The molecule has 0 aromatic heterocycles. The van der Waals surface area contributed by atoms with E-state index in [1.54, 1.807) is 12.1 Å². The maximum atomic E-state index is 10.7. The van der Waals surface area contributed by atoms with Crippen molar-refractivity contribution in [2.45, 2.75) is 39.5 Å². The lowest BCUT2D eigenvalue weighted by Crippen LogP contribution is -2.32. The highest BCUT2D eigenvalue weighted by Gasteiger charge is 2.18. The average molecular weight is 507 g/mol. The molecule has 10 nitrogen and oxygen atoms in total. The summed E-state index contributed by atoms with van der Waals surface area (Å²) in [5.41, 5.74) is 12.2. The summed E-state index contributed by atoms with van der Waals surface area (Å²) in [4.78, 5) is 22.1. The standard InChI is InChI=1S/C12H17N3O2.C6H5ClN2O2.C6H13N/c1-9-4-6-14(7-5-9)10-2-3-12(15(16)17)11(13)8-10;7-4-1-2-6(9(10)11)5(8)3-4;1-6-2-4-7-5-3-6/h2-3,8-9H,4-7,13H2,1H3;1-3H,8H2;6-7H,2-5H2,1H3. The number of benzene rings is 2. The summed E-state index contributed by atoms with van der Waals surface area (Å²) in [6.45, 7) is 9.04. The third-order valence-electron chi connectivity index (χ3n) is 6.17. The number of rotatable bonds is 3. The fourth-order valence-corrected chi connectivity index (χ4v) is 4.01. The minimum atomic E-state index is -0.550. The van der Waals surface area contributed by atoms with Gasteiger partial charge in [-0.2, -0.15) is 0 Å². The molecule has 2 saturated heterocycles. The minimum Gasteiger partial charge on any atom is -0.393 e. The molecule has 192 valence electrons. The van der Waals surface area contributed by atoms with E-state index in [-0.39, 0.29) is 22.7 Å². The smallest absolute Gasteiger partial charge is 0.292 e. The Morgan fingerprint density at radius 3 is 1.77 bits per heavy atom. The Morgan fingerprint density at radius 1 is 0.857 bits per heavy atom. The van der Waals surface area contributed by atoms with E-state index < -0.39 is 9.85 Å². The lowest BCUT2D eigenvalue weighted by Gasteiger charge is -2.32. The van der Waals surface area contributed by atoms with Crippen LogP contribution in [0, 0.1) is 32.1 Å². The van der Waals surface area contributed by atoms with Crippen LogP contribution >= 0.6 is 11.6 Å². The molecule has 0 atom stereocenters. The third-order valence-corrected chi connectivity index (χ3v) is 6.41. The normalized spacial score (nSPS) is 16.4. The number of halogens is 1. The van der Waals surface area contributed by atoms with Crippen LogP contribution in [0.3, 0.4) is 0 Å². The van der Waals surface area contributed by atoms with Crippen molar-refractivity contribution in [2.24, 2.45) is 11.8 Å². The monoisotopic (exact) mass is 506 g/mol. The molecule has 2 aliphatic heterocycles. The van der Waals surface area contributed by atoms with Gasteiger partial charge in [-0.25, -0.2) is 0 Å². The zero-order valence-electron chi connectivity index (χ0n) is 20.3. The predicted molar refractivity (Wildman–Crippen MR) is 142 cm³/mol. The van der Waals surface area contributed by atoms with Crippen molar-refractivity contribution in [3.63, 3.8) is 0 Å².